The first-order valence-corrected chi connectivity index (χ1v) is 7.76. The van der Waals surface area contributed by atoms with E-state index >= 15 is 0 Å². The zero-order valence-electron chi connectivity index (χ0n) is 10.4. The molecule has 2 N–H and O–H groups in total. The highest BCUT2D eigenvalue weighted by Crippen LogP contribution is 2.27. The minimum absolute atomic E-state index is 0.0995. The Balaban J connectivity index is 1.86. The molecule has 1 atom stereocenters. The van der Waals surface area contributed by atoms with Crippen molar-refractivity contribution in [2.24, 2.45) is 5.73 Å². The van der Waals surface area contributed by atoms with Crippen LogP contribution < -0.4 is 5.73 Å². The van der Waals surface area contributed by atoms with Gasteiger partial charge in [-0.3, -0.25) is 0 Å². The van der Waals surface area contributed by atoms with Gasteiger partial charge in [0.15, 0.2) is 0 Å². The summed E-state index contributed by atoms with van der Waals surface area (Å²) in [4.78, 5) is 1.08. The van der Waals surface area contributed by atoms with Gasteiger partial charge in [-0.25, -0.2) is 0 Å². The molecule has 0 aromatic heterocycles. The predicted molar refractivity (Wildman–Crippen MR) is 85.3 cm³/mol. The Hall–Kier alpha value is -0.670. The van der Waals surface area contributed by atoms with Gasteiger partial charge >= 0.3 is 0 Å². The minimum Gasteiger partial charge on any atom is -0.327 e. The molecule has 2 rings (SSSR count). The standard InChI is InChI=1S/C15H15Cl2NS/c16-12-7-5-11(6-8-12)9-13(18)10-19-15-4-2-1-3-14(15)17/h1-8,13H,9-10,18H2. The molecule has 0 bridgehead atoms. The molecule has 0 radical (unpaired) electrons. The van der Waals surface area contributed by atoms with Crippen LogP contribution in [0.3, 0.4) is 0 Å². The van der Waals surface area contributed by atoms with Gasteiger partial charge in [0.1, 0.15) is 0 Å². The monoisotopic (exact) mass is 311 g/mol. The summed E-state index contributed by atoms with van der Waals surface area (Å²) in [6.45, 7) is 0. The fourth-order valence-electron chi connectivity index (χ4n) is 1.74. The van der Waals surface area contributed by atoms with Crippen LogP contribution in [0.4, 0.5) is 0 Å². The first-order valence-electron chi connectivity index (χ1n) is 6.02. The second-order valence-corrected chi connectivity index (χ2v) is 6.24. The topological polar surface area (TPSA) is 26.0 Å². The van der Waals surface area contributed by atoms with E-state index in [-0.39, 0.29) is 6.04 Å². The van der Waals surface area contributed by atoms with E-state index in [1.54, 1.807) is 11.8 Å². The van der Waals surface area contributed by atoms with Crippen LogP contribution in [-0.2, 0) is 6.42 Å². The van der Waals surface area contributed by atoms with Crippen molar-refractivity contribution in [3.8, 4) is 0 Å². The summed E-state index contributed by atoms with van der Waals surface area (Å²) in [6.07, 6.45) is 0.842. The van der Waals surface area contributed by atoms with E-state index in [2.05, 4.69) is 0 Å². The summed E-state index contributed by atoms with van der Waals surface area (Å²) in [7, 11) is 0. The van der Waals surface area contributed by atoms with Gasteiger partial charge in [0.25, 0.3) is 0 Å². The zero-order valence-corrected chi connectivity index (χ0v) is 12.7. The molecule has 0 aliphatic carbocycles. The lowest BCUT2D eigenvalue weighted by Gasteiger charge is -2.12. The SMILES string of the molecule is NC(CSc1ccccc1Cl)Cc1ccc(Cl)cc1. The van der Waals surface area contributed by atoms with Crippen LogP contribution in [0, 0.1) is 0 Å². The molecule has 0 saturated heterocycles. The maximum Gasteiger partial charge on any atom is 0.0541 e. The molecule has 0 spiro atoms. The molecular weight excluding hydrogens is 297 g/mol. The highest BCUT2D eigenvalue weighted by molar-refractivity contribution is 7.99. The van der Waals surface area contributed by atoms with Gasteiger partial charge in [-0.2, -0.15) is 0 Å². The molecule has 1 unspecified atom stereocenters. The molecule has 0 aliphatic rings. The van der Waals surface area contributed by atoms with Gasteiger partial charge in [0, 0.05) is 21.7 Å². The van der Waals surface area contributed by atoms with Crippen LogP contribution in [0.1, 0.15) is 5.56 Å². The number of benzene rings is 2. The quantitative estimate of drug-likeness (QED) is 0.813. The van der Waals surface area contributed by atoms with Crippen molar-refractivity contribution < 1.29 is 0 Å². The molecule has 100 valence electrons. The van der Waals surface area contributed by atoms with Crippen LogP contribution in [0.5, 0.6) is 0 Å². The zero-order chi connectivity index (χ0) is 13.7. The number of thioether (sulfide) groups is 1. The number of rotatable bonds is 5. The molecule has 0 heterocycles. The lowest BCUT2D eigenvalue weighted by molar-refractivity contribution is 0.749. The van der Waals surface area contributed by atoms with E-state index in [9.17, 15) is 0 Å². The number of hydrogen-bond acceptors (Lipinski definition) is 2. The summed E-state index contributed by atoms with van der Waals surface area (Å²) in [5, 5.41) is 1.54. The van der Waals surface area contributed by atoms with Gasteiger partial charge in [-0.05, 0) is 36.2 Å². The minimum atomic E-state index is 0.0995. The maximum atomic E-state index is 6.14. The largest absolute Gasteiger partial charge is 0.327 e. The highest BCUT2D eigenvalue weighted by atomic mass is 35.5. The molecule has 0 fully saturated rings. The lowest BCUT2D eigenvalue weighted by atomic mass is 10.1. The molecule has 19 heavy (non-hydrogen) atoms. The fourth-order valence-corrected chi connectivity index (χ4v) is 3.06. The number of nitrogens with two attached hydrogens (primary N) is 1. The Morgan fingerprint density at radius 2 is 1.68 bits per heavy atom. The van der Waals surface area contributed by atoms with Gasteiger partial charge in [-0.1, -0.05) is 47.5 Å². The van der Waals surface area contributed by atoms with Gasteiger partial charge in [0.05, 0.1) is 5.02 Å². The van der Waals surface area contributed by atoms with Crippen molar-refractivity contribution in [2.75, 3.05) is 5.75 Å². The molecule has 1 nitrogen and oxygen atoms in total. The van der Waals surface area contributed by atoms with E-state index in [1.807, 2.05) is 48.5 Å². The van der Waals surface area contributed by atoms with Gasteiger partial charge in [-0.15, -0.1) is 11.8 Å². The number of hydrogen-bond donors (Lipinski definition) is 1. The number of halogens is 2. The average Bonchev–Trinajstić information content (AvgIpc) is 2.40. The average molecular weight is 312 g/mol. The van der Waals surface area contributed by atoms with Crippen LogP contribution in [0.2, 0.25) is 10.0 Å². The third-order valence-corrected chi connectivity index (χ3v) is 4.66. The van der Waals surface area contributed by atoms with Gasteiger partial charge in [0.2, 0.25) is 0 Å². The molecule has 0 aliphatic heterocycles. The lowest BCUT2D eigenvalue weighted by Crippen LogP contribution is -2.25. The van der Waals surface area contributed by atoms with E-state index in [0.717, 1.165) is 27.1 Å². The Labute approximate surface area is 128 Å². The maximum absolute atomic E-state index is 6.14. The van der Waals surface area contributed by atoms with E-state index in [4.69, 9.17) is 28.9 Å². The highest BCUT2D eigenvalue weighted by Gasteiger charge is 2.07. The first-order chi connectivity index (χ1) is 9.15. The first kappa shape index (κ1) is 14.7. The molecular formula is C15H15Cl2NS. The Morgan fingerprint density at radius 1 is 1.00 bits per heavy atom. The van der Waals surface area contributed by atoms with Crippen LogP contribution >= 0.6 is 35.0 Å². The molecule has 0 amide bonds. The van der Waals surface area contributed by atoms with Crippen molar-refractivity contribution in [3.63, 3.8) is 0 Å². The Morgan fingerprint density at radius 3 is 2.37 bits per heavy atom. The second-order valence-electron chi connectivity index (χ2n) is 4.33. The summed E-state index contributed by atoms with van der Waals surface area (Å²) in [6, 6.07) is 15.7. The van der Waals surface area contributed by atoms with Crippen molar-refractivity contribution >= 4 is 35.0 Å². The molecule has 4 heteroatoms. The predicted octanol–water partition coefficient (Wildman–Crippen LogP) is 4.66. The summed E-state index contributed by atoms with van der Waals surface area (Å²) in [5.41, 5.74) is 7.35. The summed E-state index contributed by atoms with van der Waals surface area (Å²) in [5.74, 6) is 0.840. The Kier molecular flexibility index (Phi) is 5.59. The second kappa shape index (κ2) is 7.20. The van der Waals surface area contributed by atoms with Crippen LogP contribution in [0.25, 0.3) is 0 Å². The van der Waals surface area contributed by atoms with Crippen molar-refractivity contribution in [1.29, 1.82) is 0 Å². The van der Waals surface area contributed by atoms with E-state index in [1.165, 1.54) is 5.56 Å². The third-order valence-electron chi connectivity index (χ3n) is 2.70. The van der Waals surface area contributed by atoms with Crippen LogP contribution in [-0.4, -0.2) is 11.8 Å². The third kappa shape index (κ3) is 4.73. The van der Waals surface area contributed by atoms with E-state index < -0.39 is 0 Å². The normalized spacial score (nSPS) is 12.4. The van der Waals surface area contributed by atoms with Crippen molar-refractivity contribution in [1.82, 2.24) is 0 Å². The Bertz CT molecular complexity index is 528. The summed E-state index contributed by atoms with van der Waals surface area (Å²) >= 11 is 13.7. The molecule has 2 aromatic carbocycles. The fraction of sp³-hybridized carbons (Fsp3) is 0.200. The van der Waals surface area contributed by atoms with E-state index in [0.29, 0.717) is 0 Å². The smallest absolute Gasteiger partial charge is 0.0541 e. The molecule has 0 saturated carbocycles. The summed E-state index contributed by atoms with van der Waals surface area (Å²) < 4.78 is 0. The van der Waals surface area contributed by atoms with Crippen molar-refractivity contribution in [3.05, 3.63) is 64.1 Å². The van der Waals surface area contributed by atoms with Crippen LogP contribution in [0.15, 0.2) is 53.4 Å². The van der Waals surface area contributed by atoms with Crippen molar-refractivity contribution in [2.45, 2.75) is 17.4 Å². The molecule has 2 aromatic rings. The van der Waals surface area contributed by atoms with Gasteiger partial charge < -0.3 is 5.73 Å².